The van der Waals surface area contributed by atoms with Crippen molar-refractivity contribution in [1.82, 2.24) is 0 Å². The maximum absolute atomic E-state index is 0. The van der Waals surface area contributed by atoms with Gasteiger partial charge in [0.15, 0.2) is 0 Å². The smallest absolute Gasteiger partial charge is 2.00 e. The van der Waals surface area contributed by atoms with Gasteiger partial charge in [0.25, 0.3) is 0 Å². The molecule has 3 nitrogen and oxygen atoms in total. The summed E-state index contributed by atoms with van der Waals surface area (Å²) < 4.78 is 0. The van der Waals surface area contributed by atoms with Crippen molar-refractivity contribution < 1.29 is 50.6 Å². The maximum atomic E-state index is 0. The van der Waals surface area contributed by atoms with Gasteiger partial charge in [-0.05, 0) is 0 Å². The van der Waals surface area contributed by atoms with E-state index in [1.54, 1.807) is 0 Å². The Bertz CT molecular complexity index is 10.8. The Labute approximate surface area is 94.4 Å². The third-order valence-corrected chi connectivity index (χ3v) is 0. The Morgan fingerprint density at radius 1 is 0.667 bits per heavy atom. The minimum absolute atomic E-state index is 0. The molecule has 0 aromatic heterocycles. The van der Waals surface area contributed by atoms with Crippen LogP contribution in [0, 0.1) is 0 Å². The fourth-order valence-electron chi connectivity index (χ4n) is 0. The van der Waals surface area contributed by atoms with Crippen molar-refractivity contribution >= 4 is 45.5 Å². The van der Waals surface area contributed by atoms with Crippen LogP contribution in [0.5, 0.6) is 0 Å². The van der Waals surface area contributed by atoms with Gasteiger partial charge < -0.3 is 16.4 Å². The van der Waals surface area contributed by atoms with Crippen LogP contribution in [-0.2, 0) is 50.6 Å². The zero-order valence-electron chi connectivity index (χ0n) is 2.59. The average Bonchev–Trinajstić information content (AvgIpc) is 0. The van der Waals surface area contributed by atoms with Crippen LogP contribution < -0.4 is 0 Å². The van der Waals surface area contributed by atoms with E-state index in [4.69, 9.17) is 0 Å². The summed E-state index contributed by atoms with van der Waals surface area (Å²) in [5, 5.41) is 0. The molecule has 6 heavy (non-hydrogen) atoms. The molecule has 0 aromatic rings. The van der Waals surface area contributed by atoms with Gasteiger partial charge in [-0.25, -0.2) is 0 Å². The summed E-state index contributed by atoms with van der Waals surface area (Å²) in [7, 11) is 0. The molecule has 0 N–H and O–H groups in total. The normalized spacial score (nSPS) is 0. The minimum Gasteiger partial charge on any atom is -2.00 e. The molecule has 0 atom stereocenters. The van der Waals surface area contributed by atoms with Gasteiger partial charge in [0.2, 0.25) is 0 Å². The standard InChI is InChI=1S/Cu.Fe.3O.Sr/q2*+2;3*-2;+2. The van der Waals surface area contributed by atoms with Crippen molar-refractivity contribution in [2.45, 2.75) is 0 Å². The molecular formula is CuFeO3Sr. The topological polar surface area (TPSA) is 85.5 Å². The first kappa shape index (κ1) is 79.9. The molecule has 1 radical (unpaired) electrons. The Morgan fingerprint density at radius 2 is 0.667 bits per heavy atom. The molecule has 0 aliphatic rings. The van der Waals surface area contributed by atoms with Crippen LogP contribution >= 0.6 is 0 Å². The summed E-state index contributed by atoms with van der Waals surface area (Å²) in [5.74, 6) is 0. The Morgan fingerprint density at radius 3 is 0.667 bits per heavy atom. The predicted molar refractivity (Wildman–Crippen MR) is 7.81 cm³/mol. The summed E-state index contributed by atoms with van der Waals surface area (Å²) in [4.78, 5) is 0. The van der Waals surface area contributed by atoms with Gasteiger partial charge in [0.1, 0.15) is 0 Å². The molecular weight excluding hydrogens is 255 g/mol. The number of rotatable bonds is 0. The Balaban J connectivity index is 0. The van der Waals surface area contributed by atoms with Gasteiger partial charge in [-0.1, -0.05) is 0 Å². The molecule has 0 saturated carbocycles. The fraction of sp³-hybridized carbons (Fsp3) is 0. The molecule has 0 bridgehead atoms. The van der Waals surface area contributed by atoms with Crippen molar-refractivity contribution in [3.63, 3.8) is 0 Å². The molecule has 39 valence electrons. The molecule has 0 amide bonds. The quantitative estimate of drug-likeness (QED) is 0.510. The predicted octanol–water partition coefficient (Wildman–Crippen LogP) is -0.742. The summed E-state index contributed by atoms with van der Waals surface area (Å²) in [6.07, 6.45) is 0. The SMILES string of the molecule is [Cu+2].[Fe+2].[O-2].[O-2].[O-2].[Sr+2]. The van der Waals surface area contributed by atoms with E-state index >= 15 is 0 Å². The fourth-order valence-corrected chi connectivity index (χ4v) is 0. The second-order valence-electron chi connectivity index (χ2n) is 0. The van der Waals surface area contributed by atoms with E-state index < -0.39 is 0 Å². The molecule has 6 heteroatoms. The first-order valence-corrected chi connectivity index (χ1v) is 0. The first-order chi connectivity index (χ1) is 0. The van der Waals surface area contributed by atoms with E-state index in [1.807, 2.05) is 0 Å². The Hall–Kier alpha value is 2.40. The van der Waals surface area contributed by atoms with Crippen LogP contribution in [-0.4, -0.2) is 45.5 Å². The van der Waals surface area contributed by atoms with Crippen molar-refractivity contribution in [2.24, 2.45) is 0 Å². The second-order valence-corrected chi connectivity index (χ2v) is 0. The monoisotopic (exact) mass is 255 g/mol. The van der Waals surface area contributed by atoms with Crippen LogP contribution in [0.3, 0.4) is 0 Å². The molecule has 0 aliphatic carbocycles. The van der Waals surface area contributed by atoms with Crippen LogP contribution in [0.15, 0.2) is 0 Å². The van der Waals surface area contributed by atoms with Crippen LogP contribution in [0.25, 0.3) is 0 Å². The van der Waals surface area contributed by atoms with E-state index in [9.17, 15) is 0 Å². The summed E-state index contributed by atoms with van der Waals surface area (Å²) in [6, 6.07) is 0. The van der Waals surface area contributed by atoms with Crippen molar-refractivity contribution in [1.29, 1.82) is 0 Å². The molecule has 0 aromatic carbocycles. The van der Waals surface area contributed by atoms with Gasteiger partial charge in [-0.15, -0.1) is 0 Å². The summed E-state index contributed by atoms with van der Waals surface area (Å²) in [5.41, 5.74) is 0. The van der Waals surface area contributed by atoms with Gasteiger partial charge >= 0.3 is 79.6 Å². The molecule has 0 aliphatic heterocycles. The van der Waals surface area contributed by atoms with Crippen LogP contribution in [0.1, 0.15) is 0 Å². The van der Waals surface area contributed by atoms with Gasteiger partial charge in [0.05, 0.1) is 0 Å². The first-order valence-electron chi connectivity index (χ1n) is 0. The van der Waals surface area contributed by atoms with Gasteiger partial charge in [-0.2, -0.15) is 0 Å². The van der Waals surface area contributed by atoms with Gasteiger partial charge in [0, 0.05) is 0 Å². The van der Waals surface area contributed by atoms with Crippen molar-refractivity contribution in [2.75, 3.05) is 0 Å². The van der Waals surface area contributed by atoms with E-state index in [0.717, 1.165) is 0 Å². The molecule has 0 saturated heterocycles. The zero-order chi connectivity index (χ0) is 0. The van der Waals surface area contributed by atoms with Crippen LogP contribution in [0.4, 0.5) is 0 Å². The number of hydrogen-bond donors (Lipinski definition) is 0. The van der Waals surface area contributed by atoms with Crippen molar-refractivity contribution in [3.05, 3.63) is 0 Å². The van der Waals surface area contributed by atoms with Crippen LogP contribution in [0.2, 0.25) is 0 Å². The largest absolute Gasteiger partial charge is 2.00 e. The number of hydrogen-bond acceptors (Lipinski definition) is 0. The zero-order valence-corrected chi connectivity index (χ0v) is 8.11. The molecule has 0 unspecified atom stereocenters. The summed E-state index contributed by atoms with van der Waals surface area (Å²) in [6.45, 7) is 0. The second kappa shape index (κ2) is 52.6. The molecule has 0 heterocycles. The third kappa shape index (κ3) is 32.4. The maximum Gasteiger partial charge on any atom is 2.00 e. The van der Waals surface area contributed by atoms with E-state index in [0.29, 0.717) is 0 Å². The molecule has 0 spiro atoms. The van der Waals surface area contributed by atoms with E-state index in [1.165, 1.54) is 0 Å². The molecule has 0 rings (SSSR count). The van der Waals surface area contributed by atoms with Gasteiger partial charge in [-0.3, -0.25) is 0 Å². The average molecular weight is 255 g/mol. The minimum atomic E-state index is 0. The summed E-state index contributed by atoms with van der Waals surface area (Å²) >= 11 is 0. The molecule has 0 fully saturated rings. The third-order valence-electron chi connectivity index (χ3n) is 0. The van der Waals surface area contributed by atoms with Crippen molar-refractivity contribution in [3.8, 4) is 0 Å². The van der Waals surface area contributed by atoms with E-state index in [2.05, 4.69) is 0 Å². The van der Waals surface area contributed by atoms with E-state index in [-0.39, 0.29) is 96.0 Å². The Kier molecular flexibility index (Phi) is 701.